The van der Waals surface area contributed by atoms with Gasteiger partial charge >= 0.3 is 5.97 Å². The van der Waals surface area contributed by atoms with E-state index in [9.17, 15) is 23.1 Å². The summed E-state index contributed by atoms with van der Waals surface area (Å²) in [5.41, 5.74) is 3.60. The summed E-state index contributed by atoms with van der Waals surface area (Å²) in [6, 6.07) is 23.3. The molecule has 3 aromatic carbocycles. The minimum Gasteiger partial charge on any atom is -0.492 e. The van der Waals surface area contributed by atoms with Crippen molar-refractivity contribution >= 4 is 56.4 Å². The lowest BCUT2D eigenvalue weighted by Crippen LogP contribution is -2.35. The lowest BCUT2D eigenvalue weighted by atomic mass is 10.0. The van der Waals surface area contributed by atoms with Gasteiger partial charge in [-0.2, -0.15) is 4.31 Å². The van der Waals surface area contributed by atoms with E-state index >= 15 is 0 Å². The standard InChI is InChI=1S/C32H32Cl2N2O6S2/c1-2-16-36(44(40,41)27-13-9-23(10-14-27)22-6-4-3-5-7-22)17-18-42-26-12-8-24(11-15-30(37)38)25(19-26)21-35-32(39)28-20-29(33)43-31(28)34/h3-10,12-14,19-20H,2,11,15-18,21H2,1H3,(H,35,39)(H,37,38). The molecule has 0 fully saturated rings. The van der Waals surface area contributed by atoms with Gasteiger partial charge in [-0.15, -0.1) is 11.3 Å². The number of hydrogen-bond acceptors (Lipinski definition) is 6. The third-order valence-electron chi connectivity index (χ3n) is 6.81. The molecule has 4 aromatic rings. The van der Waals surface area contributed by atoms with Gasteiger partial charge in [0, 0.05) is 26.1 Å². The number of hydrogen-bond donors (Lipinski definition) is 2. The summed E-state index contributed by atoms with van der Waals surface area (Å²) in [4.78, 5) is 24.1. The van der Waals surface area contributed by atoms with Crippen LogP contribution in [-0.2, 0) is 27.8 Å². The number of nitrogens with zero attached hydrogens (tertiary/aromatic N) is 1. The number of halogens is 2. The highest BCUT2D eigenvalue weighted by molar-refractivity contribution is 7.89. The van der Waals surface area contributed by atoms with Crippen molar-refractivity contribution in [2.24, 2.45) is 0 Å². The van der Waals surface area contributed by atoms with Gasteiger partial charge in [0.1, 0.15) is 16.7 Å². The Balaban J connectivity index is 1.44. The zero-order valence-electron chi connectivity index (χ0n) is 24.0. The largest absolute Gasteiger partial charge is 0.492 e. The van der Waals surface area contributed by atoms with Crippen LogP contribution in [-0.4, -0.2) is 49.4 Å². The number of ether oxygens (including phenoxy) is 1. The lowest BCUT2D eigenvalue weighted by Gasteiger charge is -2.22. The van der Waals surface area contributed by atoms with E-state index in [1.165, 1.54) is 10.4 Å². The summed E-state index contributed by atoms with van der Waals surface area (Å²) >= 11 is 13.2. The van der Waals surface area contributed by atoms with E-state index in [1.54, 1.807) is 42.5 Å². The summed E-state index contributed by atoms with van der Waals surface area (Å²) in [6.45, 7) is 2.55. The van der Waals surface area contributed by atoms with Crippen molar-refractivity contribution in [2.45, 2.75) is 37.6 Å². The Morgan fingerprint density at radius 1 is 0.932 bits per heavy atom. The molecule has 0 aliphatic carbocycles. The molecule has 44 heavy (non-hydrogen) atoms. The second-order valence-electron chi connectivity index (χ2n) is 9.89. The van der Waals surface area contributed by atoms with E-state index in [0.717, 1.165) is 28.0 Å². The molecule has 0 saturated heterocycles. The summed E-state index contributed by atoms with van der Waals surface area (Å²) < 4.78 is 35.0. The van der Waals surface area contributed by atoms with Gasteiger partial charge in [-0.3, -0.25) is 9.59 Å². The second kappa shape index (κ2) is 15.5. The number of thiophene rings is 1. The summed E-state index contributed by atoms with van der Waals surface area (Å²) in [5.74, 6) is -0.885. The van der Waals surface area contributed by atoms with Gasteiger partial charge in [-0.25, -0.2) is 8.42 Å². The van der Waals surface area contributed by atoms with E-state index in [2.05, 4.69) is 5.32 Å². The van der Waals surface area contributed by atoms with Gasteiger partial charge in [0.15, 0.2) is 0 Å². The number of nitrogens with one attached hydrogen (secondary N) is 1. The van der Waals surface area contributed by atoms with Gasteiger partial charge in [0.2, 0.25) is 10.0 Å². The van der Waals surface area contributed by atoms with Crippen LogP contribution in [0.15, 0.2) is 83.8 Å². The average Bonchev–Trinajstić information content (AvgIpc) is 3.36. The average molecular weight is 676 g/mol. The van der Waals surface area contributed by atoms with E-state index in [1.807, 2.05) is 37.3 Å². The van der Waals surface area contributed by atoms with E-state index in [0.29, 0.717) is 28.6 Å². The molecule has 1 aromatic heterocycles. The quantitative estimate of drug-likeness (QED) is 0.138. The van der Waals surface area contributed by atoms with Gasteiger partial charge in [-0.05, 0) is 65.4 Å². The van der Waals surface area contributed by atoms with Crippen molar-refractivity contribution in [1.82, 2.24) is 9.62 Å². The molecular formula is C32H32Cl2N2O6S2. The molecule has 0 aliphatic rings. The second-order valence-corrected chi connectivity index (χ2v) is 14.1. The van der Waals surface area contributed by atoms with Crippen LogP contribution < -0.4 is 10.1 Å². The zero-order valence-corrected chi connectivity index (χ0v) is 27.1. The zero-order chi connectivity index (χ0) is 31.7. The summed E-state index contributed by atoms with van der Waals surface area (Å²) in [6.07, 6.45) is 0.809. The molecule has 1 heterocycles. The van der Waals surface area contributed by atoms with Crippen molar-refractivity contribution in [3.05, 3.63) is 104 Å². The monoisotopic (exact) mass is 674 g/mol. The number of carbonyl (C=O) groups is 2. The van der Waals surface area contributed by atoms with Crippen molar-refractivity contribution in [2.75, 3.05) is 19.7 Å². The molecular weight excluding hydrogens is 643 g/mol. The van der Waals surface area contributed by atoms with Crippen molar-refractivity contribution in [3.63, 3.8) is 0 Å². The normalized spacial score (nSPS) is 11.5. The molecule has 8 nitrogen and oxygen atoms in total. The van der Waals surface area contributed by atoms with Crippen molar-refractivity contribution in [1.29, 1.82) is 0 Å². The number of benzene rings is 3. The highest BCUT2D eigenvalue weighted by atomic mass is 35.5. The van der Waals surface area contributed by atoms with Crippen LogP contribution in [0.2, 0.25) is 8.67 Å². The highest BCUT2D eigenvalue weighted by Crippen LogP contribution is 2.31. The molecule has 0 unspecified atom stereocenters. The third-order valence-corrected chi connectivity index (χ3v) is 10.2. The Morgan fingerprint density at radius 2 is 1.64 bits per heavy atom. The van der Waals surface area contributed by atoms with Crippen LogP contribution in [0, 0.1) is 0 Å². The van der Waals surface area contributed by atoms with Crippen LogP contribution in [0.3, 0.4) is 0 Å². The highest BCUT2D eigenvalue weighted by Gasteiger charge is 2.24. The number of amides is 1. The Labute approximate surface area is 271 Å². The van der Waals surface area contributed by atoms with Crippen LogP contribution in [0.1, 0.15) is 41.3 Å². The van der Waals surface area contributed by atoms with Crippen molar-refractivity contribution in [3.8, 4) is 16.9 Å². The smallest absolute Gasteiger partial charge is 0.303 e. The first-order chi connectivity index (χ1) is 21.1. The molecule has 232 valence electrons. The molecule has 0 bridgehead atoms. The molecule has 12 heteroatoms. The minimum atomic E-state index is -3.76. The first kappa shape index (κ1) is 33.5. The number of sulfonamides is 1. The molecule has 0 spiro atoms. The van der Waals surface area contributed by atoms with Gasteiger partial charge in [-0.1, -0.05) is 78.7 Å². The predicted molar refractivity (Wildman–Crippen MR) is 174 cm³/mol. The number of aryl methyl sites for hydroxylation is 1. The summed E-state index contributed by atoms with van der Waals surface area (Å²) in [7, 11) is -3.76. The Bertz CT molecular complexity index is 1690. The summed E-state index contributed by atoms with van der Waals surface area (Å²) in [5, 5.41) is 12.0. The first-order valence-corrected chi connectivity index (χ1v) is 16.9. The fourth-order valence-corrected chi connectivity index (χ4v) is 7.55. The maximum Gasteiger partial charge on any atom is 0.303 e. The van der Waals surface area contributed by atoms with Crippen LogP contribution >= 0.6 is 34.5 Å². The lowest BCUT2D eigenvalue weighted by molar-refractivity contribution is -0.136. The maximum atomic E-state index is 13.5. The maximum absolute atomic E-state index is 13.5. The Hall–Kier alpha value is -3.41. The van der Waals surface area contributed by atoms with E-state index in [-0.39, 0.29) is 47.3 Å². The molecule has 4 rings (SSSR count). The molecule has 2 N–H and O–H groups in total. The number of carboxylic acid groups (broad SMARTS) is 1. The fourth-order valence-electron chi connectivity index (χ4n) is 4.57. The number of carbonyl (C=O) groups excluding carboxylic acids is 1. The number of aliphatic carboxylic acids is 1. The van der Waals surface area contributed by atoms with Gasteiger partial charge in [0.25, 0.3) is 5.91 Å². The van der Waals surface area contributed by atoms with Crippen LogP contribution in [0.4, 0.5) is 0 Å². The third kappa shape index (κ3) is 8.83. The van der Waals surface area contributed by atoms with Crippen LogP contribution in [0.25, 0.3) is 11.1 Å². The van der Waals surface area contributed by atoms with Crippen molar-refractivity contribution < 1.29 is 27.9 Å². The molecule has 0 aliphatic heterocycles. The number of rotatable bonds is 15. The molecule has 0 radical (unpaired) electrons. The molecule has 0 atom stereocenters. The molecule has 1 amide bonds. The van der Waals surface area contributed by atoms with Gasteiger partial charge in [0.05, 0.1) is 14.8 Å². The number of carboxylic acids is 1. The topological polar surface area (TPSA) is 113 Å². The SMILES string of the molecule is CCCN(CCOc1ccc(CCC(=O)O)c(CNC(=O)c2cc(Cl)sc2Cl)c1)S(=O)(=O)c1ccc(-c2ccccc2)cc1. The minimum absolute atomic E-state index is 0.0801. The fraction of sp³-hybridized carbons (Fsp3) is 0.250. The molecule has 0 saturated carbocycles. The first-order valence-electron chi connectivity index (χ1n) is 13.9. The van der Waals surface area contributed by atoms with Gasteiger partial charge < -0.3 is 15.2 Å². The van der Waals surface area contributed by atoms with Crippen LogP contribution in [0.5, 0.6) is 5.75 Å². The Morgan fingerprint density at radius 3 is 2.27 bits per heavy atom. The van der Waals surface area contributed by atoms with E-state index < -0.39 is 21.9 Å². The van der Waals surface area contributed by atoms with E-state index in [4.69, 9.17) is 27.9 Å². The Kier molecular flexibility index (Phi) is 11.8. The predicted octanol–water partition coefficient (Wildman–Crippen LogP) is 7.15.